The van der Waals surface area contributed by atoms with Crippen molar-refractivity contribution >= 4 is 5.65 Å². The highest BCUT2D eigenvalue weighted by molar-refractivity contribution is 5.38. The predicted octanol–water partition coefficient (Wildman–Crippen LogP) is 1.25. The van der Waals surface area contributed by atoms with Crippen molar-refractivity contribution in [1.29, 1.82) is 0 Å². The normalized spacial score (nSPS) is 11.3. The minimum atomic E-state index is 0.703. The smallest absolute Gasteiger partial charge is 0.177 e. The fourth-order valence-electron chi connectivity index (χ4n) is 2.27. The molecule has 0 radical (unpaired) electrons. The van der Waals surface area contributed by atoms with Crippen LogP contribution in [0.15, 0.2) is 36.4 Å². The van der Waals surface area contributed by atoms with Gasteiger partial charge in [-0.3, -0.25) is 5.10 Å². The third-order valence-corrected chi connectivity index (χ3v) is 3.32. The molecule has 0 bridgehead atoms. The molecule has 0 aliphatic rings. The van der Waals surface area contributed by atoms with Crippen LogP contribution in [0.4, 0.5) is 0 Å². The number of H-pyrrole nitrogens is 1. The summed E-state index contributed by atoms with van der Waals surface area (Å²) in [6.07, 6.45) is 0. The number of hydrogen-bond donors (Lipinski definition) is 3. The van der Waals surface area contributed by atoms with Gasteiger partial charge >= 0.3 is 0 Å². The summed E-state index contributed by atoms with van der Waals surface area (Å²) >= 11 is 0. The molecule has 0 amide bonds. The van der Waals surface area contributed by atoms with E-state index >= 15 is 0 Å². The molecule has 0 fully saturated rings. The third-order valence-electron chi connectivity index (χ3n) is 3.32. The Balaban J connectivity index is 1.38. The molecular weight excluding hydrogens is 264 g/mol. The van der Waals surface area contributed by atoms with E-state index < -0.39 is 0 Å². The maximum atomic E-state index is 4.16. The van der Waals surface area contributed by atoms with E-state index in [2.05, 4.69) is 50.2 Å². The van der Waals surface area contributed by atoms with E-state index in [1.54, 1.807) is 0 Å². The first-order valence-electron chi connectivity index (χ1n) is 7.18. The van der Waals surface area contributed by atoms with Gasteiger partial charge in [-0.25, -0.2) is 4.52 Å². The van der Waals surface area contributed by atoms with Crippen molar-refractivity contribution in [3.05, 3.63) is 53.5 Å². The lowest BCUT2D eigenvalue weighted by Crippen LogP contribution is -2.27. The Kier molecular flexibility index (Phi) is 4.28. The standard InChI is InChI=1S/C15H20N6/c1-12-9-14-18-19-15(21(14)20-12)11-17-8-7-16-10-13-5-3-2-4-6-13/h2-6,9,16-17,20H,7-8,10-11H2,1H3. The number of aromatic amines is 1. The Morgan fingerprint density at radius 2 is 1.81 bits per heavy atom. The quantitative estimate of drug-likeness (QED) is 0.571. The zero-order valence-electron chi connectivity index (χ0n) is 12.1. The summed E-state index contributed by atoms with van der Waals surface area (Å²) < 4.78 is 1.92. The van der Waals surface area contributed by atoms with E-state index in [0.717, 1.165) is 36.8 Å². The Morgan fingerprint density at radius 3 is 2.62 bits per heavy atom. The van der Waals surface area contributed by atoms with Crippen LogP contribution in [0, 0.1) is 6.92 Å². The Labute approximate surface area is 123 Å². The van der Waals surface area contributed by atoms with Crippen LogP contribution in [-0.2, 0) is 13.1 Å². The molecule has 0 unspecified atom stereocenters. The van der Waals surface area contributed by atoms with Crippen molar-refractivity contribution < 1.29 is 0 Å². The van der Waals surface area contributed by atoms with Crippen molar-refractivity contribution in [2.75, 3.05) is 13.1 Å². The number of aryl methyl sites for hydroxylation is 1. The van der Waals surface area contributed by atoms with E-state index in [1.165, 1.54) is 5.56 Å². The molecule has 6 nitrogen and oxygen atoms in total. The molecule has 0 saturated carbocycles. The molecular formula is C15H20N6. The molecule has 2 heterocycles. The van der Waals surface area contributed by atoms with Gasteiger partial charge in [0.2, 0.25) is 0 Å². The zero-order valence-corrected chi connectivity index (χ0v) is 12.1. The molecule has 3 N–H and O–H groups in total. The Bertz CT molecular complexity index is 685. The Hall–Kier alpha value is -2.18. The molecule has 1 aromatic carbocycles. The molecule has 0 atom stereocenters. The van der Waals surface area contributed by atoms with E-state index in [4.69, 9.17) is 0 Å². The fourth-order valence-corrected chi connectivity index (χ4v) is 2.27. The summed E-state index contributed by atoms with van der Waals surface area (Å²) in [6, 6.07) is 12.4. The molecule has 0 aliphatic carbocycles. The molecule has 3 aromatic rings. The second-order valence-corrected chi connectivity index (χ2v) is 5.09. The Morgan fingerprint density at radius 1 is 1.05 bits per heavy atom. The number of nitrogens with zero attached hydrogens (tertiary/aromatic N) is 3. The molecule has 110 valence electrons. The maximum absolute atomic E-state index is 4.16. The summed E-state index contributed by atoms with van der Waals surface area (Å²) in [4.78, 5) is 0. The van der Waals surface area contributed by atoms with Gasteiger partial charge in [0.05, 0.1) is 6.54 Å². The van der Waals surface area contributed by atoms with Gasteiger partial charge in [0.15, 0.2) is 11.5 Å². The van der Waals surface area contributed by atoms with Crippen LogP contribution in [0.3, 0.4) is 0 Å². The van der Waals surface area contributed by atoms with Crippen molar-refractivity contribution in [3.63, 3.8) is 0 Å². The SMILES string of the molecule is Cc1cc2nnc(CNCCNCc3ccccc3)n2[nH]1. The zero-order chi connectivity index (χ0) is 14.5. The number of aromatic nitrogens is 4. The summed E-state index contributed by atoms with van der Waals surface area (Å²) in [5.41, 5.74) is 3.26. The second kappa shape index (κ2) is 6.51. The van der Waals surface area contributed by atoms with Gasteiger partial charge in [0, 0.05) is 31.4 Å². The number of rotatable bonds is 7. The third kappa shape index (κ3) is 3.48. The van der Waals surface area contributed by atoms with Crippen molar-refractivity contribution in [3.8, 4) is 0 Å². The first-order chi connectivity index (χ1) is 10.3. The number of benzene rings is 1. The van der Waals surface area contributed by atoms with Gasteiger partial charge in [-0.1, -0.05) is 30.3 Å². The monoisotopic (exact) mass is 284 g/mol. The first-order valence-corrected chi connectivity index (χ1v) is 7.18. The van der Waals surface area contributed by atoms with Crippen molar-refractivity contribution in [2.45, 2.75) is 20.0 Å². The lowest BCUT2D eigenvalue weighted by Gasteiger charge is -2.06. The molecule has 0 saturated heterocycles. The largest absolute Gasteiger partial charge is 0.311 e. The van der Waals surface area contributed by atoms with Crippen LogP contribution >= 0.6 is 0 Å². The van der Waals surface area contributed by atoms with Crippen molar-refractivity contribution in [1.82, 2.24) is 30.4 Å². The first kappa shape index (κ1) is 13.8. The highest BCUT2D eigenvalue weighted by Gasteiger charge is 2.06. The predicted molar refractivity (Wildman–Crippen MR) is 81.9 cm³/mol. The van der Waals surface area contributed by atoms with E-state index in [-0.39, 0.29) is 0 Å². The summed E-state index contributed by atoms with van der Waals surface area (Å²) in [7, 11) is 0. The summed E-state index contributed by atoms with van der Waals surface area (Å²) in [5, 5.41) is 18.3. The van der Waals surface area contributed by atoms with Gasteiger partial charge in [-0.15, -0.1) is 10.2 Å². The number of fused-ring (bicyclic) bond motifs is 1. The minimum absolute atomic E-state index is 0.703. The van der Waals surface area contributed by atoms with E-state index in [9.17, 15) is 0 Å². The van der Waals surface area contributed by atoms with Gasteiger partial charge in [0.1, 0.15) is 0 Å². The summed E-state index contributed by atoms with van der Waals surface area (Å²) in [5.74, 6) is 0.904. The van der Waals surface area contributed by atoms with Gasteiger partial charge in [0.25, 0.3) is 0 Å². The van der Waals surface area contributed by atoms with Crippen LogP contribution in [-0.4, -0.2) is 32.9 Å². The molecule has 21 heavy (non-hydrogen) atoms. The lowest BCUT2D eigenvalue weighted by atomic mass is 10.2. The molecule has 0 spiro atoms. The van der Waals surface area contributed by atoms with Gasteiger partial charge < -0.3 is 10.6 Å². The minimum Gasteiger partial charge on any atom is -0.311 e. The maximum Gasteiger partial charge on any atom is 0.177 e. The average molecular weight is 284 g/mol. The summed E-state index contributed by atoms with van der Waals surface area (Å²) in [6.45, 7) is 5.42. The van der Waals surface area contributed by atoms with E-state index in [1.807, 2.05) is 23.6 Å². The van der Waals surface area contributed by atoms with Crippen LogP contribution < -0.4 is 10.6 Å². The number of hydrogen-bond acceptors (Lipinski definition) is 4. The molecule has 3 rings (SSSR count). The van der Waals surface area contributed by atoms with Crippen molar-refractivity contribution in [2.24, 2.45) is 0 Å². The van der Waals surface area contributed by atoms with Crippen LogP contribution in [0.1, 0.15) is 17.1 Å². The molecule has 2 aromatic heterocycles. The van der Waals surface area contributed by atoms with Crippen LogP contribution in [0.5, 0.6) is 0 Å². The lowest BCUT2D eigenvalue weighted by molar-refractivity contribution is 0.592. The highest BCUT2D eigenvalue weighted by atomic mass is 15.4. The van der Waals surface area contributed by atoms with Crippen LogP contribution in [0.25, 0.3) is 5.65 Å². The topological polar surface area (TPSA) is 70.0 Å². The van der Waals surface area contributed by atoms with Gasteiger partial charge in [-0.05, 0) is 12.5 Å². The van der Waals surface area contributed by atoms with Crippen LogP contribution in [0.2, 0.25) is 0 Å². The second-order valence-electron chi connectivity index (χ2n) is 5.09. The number of nitrogens with one attached hydrogen (secondary N) is 3. The molecule has 6 heteroatoms. The average Bonchev–Trinajstić information content (AvgIpc) is 3.03. The highest BCUT2D eigenvalue weighted by Crippen LogP contribution is 2.04. The van der Waals surface area contributed by atoms with Gasteiger partial charge in [-0.2, -0.15) is 0 Å². The fraction of sp³-hybridized carbons (Fsp3) is 0.333. The molecule has 0 aliphatic heterocycles. The van der Waals surface area contributed by atoms with E-state index in [0.29, 0.717) is 6.54 Å².